The fourth-order valence-corrected chi connectivity index (χ4v) is 7.15. The quantitative estimate of drug-likeness (QED) is 0.149. The molecule has 5 atom stereocenters. The van der Waals surface area contributed by atoms with Gasteiger partial charge in [-0.1, -0.05) is 33.4 Å². The van der Waals surface area contributed by atoms with Gasteiger partial charge in [-0.3, -0.25) is 14.4 Å². The van der Waals surface area contributed by atoms with Crippen molar-refractivity contribution in [3.63, 3.8) is 0 Å². The number of hydrogen-bond donors (Lipinski definition) is 8. The monoisotopic (exact) mass is 624 g/mol. The van der Waals surface area contributed by atoms with E-state index in [1.165, 1.54) is 0 Å². The molecule has 2 aliphatic heterocycles. The van der Waals surface area contributed by atoms with Gasteiger partial charge in [-0.15, -0.1) is 0 Å². The third-order valence-corrected chi connectivity index (χ3v) is 9.66. The Hall–Kier alpha value is -3.86. The van der Waals surface area contributed by atoms with E-state index >= 15 is 0 Å². The number of aromatic amines is 2. The van der Waals surface area contributed by atoms with Crippen molar-refractivity contribution in [2.24, 2.45) is 17.8 Å². The van der Waals surface area contributed by atoms with Crippen LogP contribution in [0.25, 0.3) is 6.08 Å². The molecule has 0 saturated carbocycles. The van der Waals surface area contributed by atoms with Crippen LogP contribution in [0, 0.1) is 31.6 Å². The highest BCUT2D eigenvalue weighted by Crippen LogP contribution is 2.35. The van der Waals surface area contributed by atoms with Gasteiger partial charge in [0.15, 0.2) is 5.88 Å². The van der Waals surface area contributed by atoms with Crippen LogP contribution in [-0.4, -0.2) is 54.4 Å². The van der Waals surface area contributed by atoms with Gasteiger partial charge in [-0.2, -0.15) is 12.6 Å². The van der Waals surface area contributed by atoms with E-state index < -0.39 is 11.9 Å². The Bertz CT molecular complexity index is 1530. The minimum Gasteiger partial charge on any atom is -0.495 e. The summed E-state index contributed by atoms with van der Waals surface area (Å²) < 4.78 is 0. The largest absolute Gasteiger partial charge is 0.495 e. The number of aliphatic hydroxyl groups is 1. The fraction of sp³-hybridized carbons (Fsp3) is 0.485. The first-order chi connectivity index (χ1) is 20.7. The minimum atomic E-state index is -0.897. The van der Waals surface area contributed by atoms with Crippen LogP contribution in [0.3, 0.4) is 0 Å². The summed E-state index contributed by atoms with van der Waals surface area (Å²) in [6.07, 6.45) is 5.19. The van der Waals surface area contributed by atoms with E-state index in [9.17, 15) is 29.7 Å². The van der Waals surface area contributed by atoms with E-state index in [2.05, 4.69) is 39.8 Å². The maximum Gasteiger partial charge on any atom is 0.303 e. The molecule has 238 valence electrons. The van der Waals surface area contributed by atoms with Gasteiger partial charge in [0.05, 0.1) is 0 Å². The molecule has 0 spiro atoms. The Morgan fingerprint density at radius 3 is 2.11 bits per heavy atom. The molecule has 4 rings (SSSR count). The standard InChI is InChI=1S/C33H44N4O6S/c1-7-20-15(2)25(36-33(20)43)12-23-16(3)21(8-10-29(38)39)26(34-23)14-27-22(9-11-30(40)41)17(4)24(35-27)13-28-31(19(6)44)18(5)32(42)37-28/h7,13,15,18-19,25,31,34-36,43-44H,1,8-12,14H2,2-6H3,(H,37,42)(H,38,39)(H,40,41)/b28-13+/t15?,18-,19-,25-,31+/m1/s1. The van der Waals surface area contributed by atoms with Crippen molar-refractivity contribution in [3.8, 4) is 0 Å². The lowest BCUT2D eigenvalue weighted by Crippen LogP contribution is -2.30. The van der Waals surface area contributed by atoms with E-state index in [1.54, 1.807) is 6.08 Å². The van der Waals surface area contributed by atoms with Crippen LogP contribution in [0.4, 0.5) is 0 Å². The number of aromatic nitrogens is 2. The molecule has 0 aromatic carbocycles. The normalized spacial score (nSPS) is 23.2. The molecule has 0 aliphatic carbocycles. The highest BCUT2D eigenvalue weighted by Gasteiger charge is 2.38. The third kappa shape index (κ3) is 6.77. The zero-order chi connectivity index (χ0) is 32.5. The molecule has 10 nitrogen and oxygen atoms in total. The molecular formula is C33H44N4O6S. The fourth-order valence-electron chi connectivity index (χ4n) is 6.73. The van der Waals surface area contributed by atoms with Crippen molar-refractivity contribution in [1.82, 2.24) is 20.6 Å². The number of nitrogens with one attached hydrogen (secondary N) is 4. The molecule has 1 saturated heterocycles. The van der Waals surface area contributed by atoms with Crippen LogP contribution in [0.15, 0.2) is 29.8 Å². The highest BCUT2D eigenvalue weighted by molar-refractivity contribution is 7.80. The van der Waals surface area contributed by atoms with Gasteiger partial charge in [0, 0.05) is 88.8 Å². The second-order valence-electron chi connectivity index (χ2n) is 12.2. The Morgan fingerprint density at radius 2 is 1.57 bits per heavy atom. The van der Waals surface area contributed by atoms with Gasteiger partial charge < -0.3 is 35.9 Å². The number of rotatable bonds is 13. The second-order valence-corrected chi connectivity index (χ2v) is 13.0. The summed E-state index contributed by atoms with van der Waals surface area (Å²) in [5.74, 6) is -1.98. The Morgan fingerprint density at radius 1 is 0.977 bits per heavy atom. The second kappa shape index (κ2) is 13.4. The van der Waals surface area contributed by atoms with Crippen LogP contribution in [0.5, 0.6) is 0 Å². The molecule has 4 heterocycles. The first-order valence-corrected chi connectivity index (χ1v) is 15.6. The van der Waals surface area contributed by atoms with Gasteiger partial charge in [-0.05, 0) is 55.0 Å². The van der Waals surface area contributed by atoms with Crippen molar-refractivity contribution in [1.29, 1.82) is 0 Å². The lowest BCUT2D eigenvalue weighted by Gasteiger charge is -2.17. The van der Waals surface area contributed by atoms with Gasteiger partial charge in [0.1, 0.15) is 0 Å². The molecule has 0 radical (unpaired) electrons. The van der Waals surface area contributed by atoms with Gasteiger partial charge >= 0.3 is 11.9 Å². The summed E-state index contributed by atoms with van der Waals surface area (Å²) in [4.78, 5) is 42.7. The number of aliphatic hydroxyl groups excluding tert-OH is 1. The molecule has 0 bridgehead atoms. The van der Waals surface area contributed by atoms with E-state index in [4.69, 9.17) is 0 Å². The number of carboxylic acids is 2. The predicted molar refractivity (Wildman–Crippen MR) is 173 cm³/mol. The van der Waals surface area contributed by atoms with Crippen LogP contribution >= 0.6 is 12.6 Å². The van der Waals surface area contributed by atoms with Crippen molar-refractivity contribution >= 4 is 36.6 Å². The van der Waals surface area contributed by atoms with Crippen LogP contribution < -0.4 is 10.6 Å². The number of hydrogen-bond acceptors (Lipinski definition) is 6. The summed E-state index contributed by atoms with van der Waals surface area (Å²) in [6, 6.07) is -0.0659. The maximum atomic E-state index is 12.5. The van der Waals surface area contributed by atoms with Crippen molar-refractivity contribution in [3.05, 3.63) is 74.8 Å². The summed E-state index contributed by atoms with van der Waals surface area (Å²) in [6.45, 7) is 13.6. The zero-order valence-electron chi connectivity index (χ0n) is 26.0. The van der Waals surface area contributed by atoms with E-state index in [0.717, 1.165) is 56.3 Å². The Kier molecular flexibility index (Phi) is 10.1. The summed E-state index contributed by atoms with van der Waals surface area (Å²) >= 11 is 4.63. The third-order valence-electron chi connectivity index (χ3n) is 9.34. The molecule has 1 fully saturated rings. The first kappa shape index (κ1) is 33.0. The van der Waals surface area contributed by atoms with Crippen LogP contribution in [0.2, 0.25) is 0 Å². The number of aliphatic carboxylic acids is 2. The number of allylic oxidation sites excluding steroid dienone is 2. The highest BCUT2D eigenvalue weighted by atomic mass is 32.1. The summed E-state index contributed by atoms with van der Waals surface area (Å²) in [7, 11) is 0. The number of thiol groups is 1. The number of carbonyl (C=O) groups excluding carboxylic acids is 1. The molecule has 2 aromatic heterocycles. The van der Waals surface area contributed by atoms with E-state index in [-0.39, 0.29) is 53.7 Å². The van der Waals surface area contributed by atoms with Crippen LogP contribution in [0.1, 0.15) is 78.6 Å². The summed E-state index contributed by atoms with van der Waals surface area (Å²) in [5, 5.41) is 35.4. The number of amides is 1. The van der Waals surface area contributed by atoms with Gasteiger partial charge in [0.25, 0.3) is 0 Å². The minimum absolute atomic E-state index is 0.0275. The average molecular weight is 625 g/mol. The number of carbonyl (C=O) groups is 3. The lowest BCUT2D eigenvalue weighted by atomic mass is 9.91. The molecule has 2 aliphatic rings. The van der Waals surface area contributed by atoms with E-state index in [0.29, 0.717) is 25.7 Å². The van der Waals surface area contributed by atoms with Gasteiger partial charge in [-0.25, -0.2) is 0 Å². The number of carboxylic acid groups (broad SMARTS) is 2. The lowest BCUT2D eigenvalue weighted by molar-refractivity contribution is -0.138. The molecule has 44 heavy (non-hydrogen) atoms. The topological polar surface area (TPSA) is 168 Å². The van der Waals surface area contributed by atoms with Crippen LogP contribution in [-0.2, 0) is 40.1 Å². The molecule has 11 heteroatoms. The Labute approximate surface area is 263 Å². The smallest absolute Gasteiger partial charge is 0.303 e. The average Bonchev–Trinajstić information content (AvgIpc) is 3.59. The first-order valence-electron chi connectivity index (χ1n) is 15.1. The van der Waals surface area contributed by atoms with Crippen molar-refractivity contribution < 1.29 is 29.7 Å². The molecular weight excluding hydrogens is 580 g/mol. The maximum absolute atomic E-state index is 12.5. The molecule has 2 aromatic rings. The van der Waals surface area contributed by atoms with Crippen molar-refractivity contribution in [2.45, 2.75) is 84.4 Å². The van der Waals surface area contributed by atoms with E-state index in [1.807, 2.05) is 40.7 Å². The number of H-pyrrole nitrogens is 2. The predicted octanol–water partition coefficient (Wildman–Crippen LogP) is 4.73. The molecule has 1 unspecified atom stereocenters. The van der Waals surface area contributed by atoms with Crippen molar-refractivity contribution in [2.75, 3.05) is 0 Å². The summed E-state index contributed by atoms with van der Waals surface area (Å²) in [5.41, 5.74) is 8.70. The SMILES string of the molecule is C=CC1=C(O)N[C@H](Cc2[nH]c(Cc3[nH]c(/C=C4/NC(=O)[C@H](C)[C@H]4[C@@H](C)S)c(C)c3CCC(=O)O)c(CCC(=O)O)c2C)C1C. The molecule has 1 amide bonds. The molecule has 7 N–H and O–H groups in total. The zero-order valence-corrected chi connectivity index (χ0v) is 26.9. The van der Waals surface area contributed by atoms with Gasteiger partial charge in [0.2, 0.25) is 5.91 Å². The Balaban J connectivity index is 1.73.